The molecule has 0 amide bonds. The lowest BCUT2D eigenvalue weighted by atomic mass is 10.1. The lowest BCUT2D eigenvalue weighted by Crippen LogP contribution is -2.34. The topological polar surface area (TPSA) is 0 Å². The molecule has 3 heteroatoms. The van der Waals surface area contributed by atoms with Crippen molar-refractivity contribution in [1.29, 1.82) is 0 Å². The van der Waals surface area contributed by atoms with Crippen molar-refractivity contribution in [2.45, 2.75) is 6.04 Å². The van der Waals surface area contributed by atoms with Gasteiger partial charge in [-0.05, 0) is 22.0 Å². The zero-order chi connectivity index (χ0) is 11.6. The Kier molecular flexibility index (Phi) is 3.67. The van der Waals surface area contributed by atoms with Crippen molar-refractivity contribution in [2.75, 3.05) is 0 Å². The second kappa shape index (κ2) is 4.86. The molecule has 2 rings (SSSR count). The van der Waals surface area contributed by atoms with Gasteiger partial charge < -0.3 is 0 Å². The third-order valence-corrected chi connectivity index (χ3v) is 9.12. The second-order valence-corrected chi connectivity index (χ2v) is 17.4. The first-order valence-electron chi connectivity index (χ1n) is 5.12. The van der Waals surface area contributed by atoms with Gasteiger partial charge in [0.2, 0.25) is 5.31 Å². The van der Waals surface area contributed by atoms with Gasteiger partial charge in [-0.25, -0.2) is 0 Å². The summed E-state index contributed by atoms with van der Waals surface area (Å²) in [5.74, 6) is 0. The molecule has 0 fully saturated rings. The van der Waals surface area contributed by atoms with Crippen LogP contribution < -0.4 is 5.19 Å². The lowest BCUT2D eigenvalue weighted by Gasteiger charge is -2.18. The fraction of sp³-hybridized carbons (Fsp3) is 0.0769. The molecule has 0 bridgehead atoms. The van der Waals surface area contributed by atoms with Gasteiger partial charge in [-0.1, -0.05) is 48.5 Å². The van der Waals surface area contributed by atoms with E-state index in [1.54, 1.807) is 0 Å². The van der Waals surface area contributed by atoms with Crippen LogP contribution in [0.3, 0.4) is 0 Å². The molecule has 0 atom stereocenters. The van der Waals surface area contributed by atoms with Crippen LogP contribution in [0.1, 0.15) is 0 Å². The first-order chi connectivity index (χ1) is 7.65. The van der Waals surface area contributed by atoms with Crippen LogP contribution in [0.15, 0.2) is 55.1 Å². The van der Waals surface area contributed by atoms with Gasteiger partial charge in [0.25, 0.3) is 0 Å². The van der Waals surface area contributed by atoms with Gasteiger partial charge in [0, 0.05) is 0 Å². The van der Waals surface area contributed by atoms with Crippen molar-refractivity contribution in [3.63, 3.8) is 0 Å². The molecule has 0 aliphatic carbocycles. The number of hydrogen-bond acceptors (Lipinski definition) is 0. The predicted octanol–water partition coefficient (Wildman–Crippen LogP) is 4.46. The third-order valence-electron chi connectivity index (χ3n) is 2.58. The summed E-state index contributed by atoms with van der Waals surface area (Å²) in [5.41, 5.74) is 0. The van der Waals surface area contributed by atoms with Crippen molar-refractivity contribution in [3.8, 4) is 0 Å². The molecule has 0 saturated carbocycles. The second-order valence-electron chi connectivity index (χ2n) is 3.72. The summed E-state index contributed by atoms with van der Waals surface area (Å²) in [7, 11) is 0. The van der Waals surface area contributed by atoms with Crippen molar-refractivity contribution in [3.05, 3.63) is 55.1 Å². The number of halogens is 2. The SMILES string of the molecule is C=CC[Si](Br)(Br)c1cccc2ccccc12. The van der Waals surface area contributed by atoms with E-state index in [0.717, 1.165) is 6.04 Å². The first-order valence-corrected chi connectivity index (χ1v) is 11.8. The highest BCUT2D eigenvalue weighted by Gasteiger charge is 2.28. The average Bonchev–Trinajstić information content (AvgIpc) is 2.28. The normalized spacial score (nSPS) is 11.6. The van der Waals surface area contributed by atoms with E-state index in [2.05, 4.69) is 79.6 Å². The highest BCUT2D eigenvalue weighted by Crippen LogP contribution is 2.28. The standard InChI is InChI=1S/C13H12Br2Si/c1-2-10-16(14,15)13-9-5-7-11-6-3-4-8-12(11)13/h2-9H,1,10H2. The van der Waals surface area contributed by atoms with Crippen molar-refractivity contribution in [1.82, 2.24) is 0 Å². The minimum Gasteiger partial charge on any atom is -0.105 e. The molecule has 2 aromatic rings. The van der Waals surface area contributed by atoms with E-state index >= 15 is 0 Å². The zero-order valence-electron chi connectivity index (χ0n) is 8.79. The molecular formula is C13H12Br2Si. The van der Waals surface area contributed by atoms with E-state index < -0.39 is 5.31 Å². The molecule has 16 heavy (non-hydrogen) atoms. The summed E-state index contributed by atoms with van der Waals surface area (Å²) in [4.78, 5) is 0. The van der Waals surface area contributed by atoms with Crippen LogP contribution in [0.5, 0.6) is 0 Å². The maximum Gasteiger partial charge on any atom is 0.234 e. The molecule has 0 radical (unpaired) electrons. The van der Waals surface area contributed by atoms with Gasteiger partial charge >= 0.3 is 0 Å². The Labute approximate surface area is 113 Å². The largest absolute Gasteiger partial charge is 0.234 e. The van der Waals surface area contributed by atoms with E-state index in [1.165, 1.54) is 16.0 Å². The Hall–Kier alpha value is -0.383. The van der Waals surface area contributed by atoms with E-state index in [9.17, 15) is 0 Å². The van der Waals surface area contributed by atoms with Crippen LogP contribution in [0.25, 0.3) is 10.8 Å². The van der Waals surface area contributed by atoms with Gasteiger partial charge in [0.05, 0.1) is 0 Å². The summed E-state index contributed by atoms with van der Waals surface area (Å²) in [6.45, 7) is 3.83. The molecule has 0 aliphatic rings. The van der Waals surface area contributed by atoms with Crippen LogP contribution in [0.4, 0.5) is 0 Å². The monoisotopic (exact) mass is 354 g/mol. The van der Waals surface area contributed by atoms with Gasteiger partial charge in [-0.15, -0.1) is 37.2 Å². The molecule has 0 aliphatic heterocycles. The van der Waals surface area contributed by atoms with Crippen molar-refractivity contribution < 1.29 is 0 Å². The number of hydrogen-bond donors (Lipinski definition) is 0. The fourth-order valence-electron chi connectivity index (χ4n) is 1.84. The maximum atomic E-state index is 3.86. The molecule has 0 aromatic heterocycles. The average molecular weight is 356 g/mol. The van der Waals surface area contributed by atoms with Crippen LogP contribution in [0, 0.1) is 0 Å². The van der Waals surface area contributed by atoms with Crippen molar-refractivity contribution in [2.24, 2.45) is 0 Å². The van der Waals surface area contributed by atoms with Gasteiger partial charge in [0.1, 0.15) is 0 Å². The molecule has 0 spiro atoms. The Morgan fingerprint density at radius 3 is 2.50 bits per heavy atom. The summed E-state index contributed by atoms with van der Waals surface area (Å²) < 4.78 is 0. The minimum atomic E-state index is -1.74. The molecule has 0 heterocycles. The Morgan fingerprint density at radius 1 is 1.06 bits per heavy atom. The highest BCUT2D eigenvalue weighted by molar-refractivity contribution is 9.51. The van der Waals surface area contributed by atoms with E-state index in [0.29, 0.717) is 0 Å². The number of benzene rings is 2. The Bertz CT molecular complexity index is 515. The van der Waals surface area contributed by atoms with E-state index in [-0.39, 0.29) is 0 Å². The first kappa shape index (κ1) is 12.1. The van der Waals surface area contributed by atoms with Crippen LogP contribution in [-0.2, 0) is 0 Å². The number of allylic oxidation sites excluding steroid dienone is 1. The minimum absolute atomic E-state index is 0.973. The van der Waals surface area contributed by atoms with Gasteiger partial charge in [-0.2, -0.15) is 0 Å². The van der Waals surface area contributed by atoms with Gasteiger partial charge in [0.15, 0.2) is 0 Å². The quantitative estimate of drug-likeness (QED) is 0.433. The van der Waals surface area contributed by atoms with E-state index in [4.69, 9.17) is 0 Å². The molecule has 82 valence electrons. The summed E-state index contributed by atoms with van der Waals surface area (Å²) in [5, 5.41) is 2.26. The third kappa shape index (κ3) is 2.31. The van der Waals surface area contributed by atoms with Crippen LogP contribution in [0.2, 0.25) is 6.04 Å². The van der Waals surface area contributed by atoms with Gasteiger partial charge in [-0.3, -0.25) is 0 Å². The fourth-order valence-corrected chi connectivity index (χ4v) is 6.83. The molecule has 0 unspecified atom stereocenters. The molecule has 0 saturated heterocycles. The van der Waals surface area contributed by atoms with Crippen molar-refractivity contribution >= 4 is 51.9 Å². The summed E-state index contributed by atoms with van der Waals surface area (Å²) >= 11 is 7.71. The molecular weight excluding hydrogens is 344 g/mol. The summed E-state index contributed by atoms with van der Waals surface area (Å²) in [6, 6.07) is 15.9. The Morgan fingerprint density at radius 2 is 1.75 bits per heavy atom. The number of fused-ring (bicyclic) bond motifs is 1. The van der Waals surface area contributed by atoms with E-state index in [1.807, 2.05) is 6.08 Å². The highest BCUT2D eigenvalue weighted by atomic mass is 79.9. The predicted molar refractivity (Wildman–Crippen MR) is 82.2 cm³/mol. The maximum absolute atomic E-state index is 3.86. The Balaban J connectivity index is 2.64. The molecule has 0 N–H and O–H groups in total. The molecule has 0 nitrogen and oxygen atoms in total. The number of rotatable bonds is 3. The molecule has 2 aromatic carbocycles. The zero-order valence-corrected chi connectivity index (χ0v) is 13.0. The van der Waals surface area contributed by atoms with Crippen LogP contribution in [-0.4, -0.2) is 5.31 Å². The summed E-state index contributed by atoms with van der Waals surface area (Å²) in [6.07, 6.45) is 1.97. The van der Waals surface area contributed by atoms with Crippen LogP contribution >= 0.6 is 30.6 Å². The smallest absolute Gasteiger partial charge is 0.105 e. The lowest BCUT2D eigenvalue weighted by molar-refractivity contribution is 1.70.